The minimum absolute atomic E-state index is 0.232. The number of hydrogen-bond acceptors (Lipinski definition) is 1. The summed E-state index contributed by atoms with van der Waals surface area (Å²) in [6, 6.07) is 8.76. The maximum Gasteiger partial charge on any atom is 0.183 e. The first-order valence-electron chi connectivity index (χ1n) is 8.17. The Balaban J connectivity index is 2.35. The number of hydrogen-bond donors (Lipinski definition) is 0. The Hall–Kier alpha value is -2.89. The number of nitrogens with zero attached hydrogens (tertiary/aromatic N) is 1. The van der Waals surface area contributed by atoms with Gasteiger partial charge in [0.1, 0.15) is 17.5 Å². The zero-order valence-electron chi connectivity index (χ0n) is 14.9. The van der Waals surface area contributed by atoms with Gasteiger partial charge in [-0.25, -0.2) is 22.0 Å². The fourth-order valence-corrected chi connectivity index (χ4v) is 2.81. The van der Waals surface area contributed by atoms with Crippen LogP contribution >= 0.6 is 0 Å². The largest absolute Gasteiger partial charge is 0.302 e. The van der Waals surface area contributed by atoms with Crippen LogP contribution < -0.4 is 4.90 Å². The molecule has 0 atom stereocenters. The summed E-state index contributed by atoms with van der Waals surface area (Å²) < 4.78 is 72.2. The van der Waals surface area contributed by atoms with Crippen molar-refractivity contribution in [3.05, 3.63) is 88.2 Å². The van der Waals surface area contributed by atoms with Gasteiger partial charge in [0, 0.05) is 11.6 Å². The standard InChI is InChI=1S/C21H16F5N/c1-11-4-6-17(15(23)8-11)27(18-7-5-12(2)9-16(18)24)19-10-14(22)13(3)20(25)21(19)26/h4-10H,1-3H3. The topological polar surface area (TPSA) is 3.24 Å². The lowest BCUT2D eigenvalue weighted by Gasteiger charge is -2.27. The van der Waals surface area contributed by atoms with E-state index in [1.807, 2.05) is 0 Å². The lowest BCUT2D eigenvalue weighted by molar-refractivity contribution is 0.487. The van der Waals surface area contributed by atoms with E-state index in [-0.39, 0.29) is 11.4 Å². The quantitative estimate of drug-likeness (QED) is 0.359. The summed E-state index contributed by atoms with van der Waals surface area (Å²) in [4.78, 5) is 0.838. The zero-order valence-corrected chi connectivity index (χ0v) is 14.9. The molecule has 0 bridgehead atoms. The molecule has 3 aromatic rings. The van der Waals surface area contributed by atoms with Gasteiger partial charge < -0.3 is 4.90 Å². The molecule has 3 rings (SSSR count). The lowest BCUT2D eigenvalue weighted by Crippen LogP contribution is -2.16. The molecule has 0 saturated carbocycles. The van der Waals surface area contributed by atoms with E-state index in [0.717, 1.165) is 17.9 Å². The Bertz CT molecular complexity index is 978. The fourth-order valence-electron chi connectivity index (χ4n) is 2.81. The highest BCUT2D eigenvalue weighted by Gasteiger charge is 2.26. The van der Waals surface area contributed by atoms with Crippen molar-refractivity contribution < 1.29 is 22.0 Å². The van der Waals surface area contributed by atoms with Crippen molar-refractivity contribution in [2.24, 2.45) is 0 Å². The molecule has 1 nitrogen and oxygen atoms in total. The van der Waals surface area contributed by atoms with E-state index in [4.69, 9.17) is 0 Å². The second kappa shape index (κ2) is 7.02. The van der Waals surface area contributed by atoms with Crippen molar-refractivity contribution in [1.29, 1.82) is 0 Å². The molecule has 27 heavy (non-hydrogen) atoms. The van der Waals surface area contributed by atoms with Crippen molar-refractivity contribution in [2.75, 3.05) is 4.90 Å². The Morgan fingerprint density at radius 2 is 1.04 bits per heavy atom. The van der Waals surface area contributed by atoms with Crippen LogP contribution in [0.25, 0.3) is 0 Å². The first-order valence-corrected chi connectivity index (χ1v) is 8.17. The van der Waals surface area contributed by atoms with Gasteiger partial charge in [-0.3, -0.25) is 0 Å². The SMILES string of the molecule is Cc1ccc(N(c2ccc(C)cc2F)c2cc(F)c(C)c(F)c2F)c(F)c1. The predicted octanol–water partition coefficient (Wildman–Crippen LogP) is 6.78. The maximum absolute atomic E-state index is 14.7. The summed E-state index contributed by atoms with van der Waals surface area (Å²) in [6.07, 6.45) is 0. The summed E-state index contributed by atoms with van der Waals surface area (Å²) in [6.45, 7) is 4.38. The summed E-state index contributed by atoms with van der Waals surface area (Å²) in [5.41, 5.74) is -0.425. The third-order valence-corrected chi connectivity index (χ3v) is 4.30. The van der Waals surface area contributed by atoms with E-state index >= 15 is 0 Å². The van der Waals surface area contributed by atoms with Crippen LogP contribution in [0.1, 0.15) is 16.7 Å². The van der Waals surface area contributed by atoms with E-state index < -0.39 is 40.3 Å². The van der Waals surface area contributed by atoms with Crippen molar-refractivity contribution in [1.82, 2.24) is 0 Å². The molecule has 0 aliphatic rings. The number of anilines is 3. The van der Waals surface area contributed by atoms with Crippen LogP contribution in [0.2, 0.25) is 0 Å². The number of halogens is 5. The molecule has 0 amide bonds. The average molecular weight is 377 g/mol. The van der Waals surface area contributed by atoms with Gasteiger partial charge in [-0.2, -0.15) is 0 Å². The highest BCUT2D eigenvalue weighted by Crippen LogP contribution is 2.40. The Kier molecular flexibility index (Phi) is 4.91. The molecular formula is C21H16F5N. The van der Waals surface area contributed by atoms with Crippen LogP contribution in [0.3, 0.4) is 0 Å². The molecular weight excluding hydrogens is 361 g/mol. The molecule has 0 aromatic heterocycles. The summed E-state index contributed by atoms with van der Waals surface area (Å²) >= 11 is 0. The minimum atomic E-state index is -1.41. The highest BCUT2D eigenvalue weighted by molar-refractivity contribution is 5.78. The normalized spacial score (nSPS) is 11.0. The monoisotopic (exact) mass is 377 g/mol. The molecule has 6 heteroatoms. The van der Waals surface area contributed by atoms with Crippen molar-refractivity contribution in [3.63, 3.8) is 0 Å². The van der Waals surface area contributed by atoms with Gasteiger partial charge in [0.05, 0.1) is 17.1 Å². The van der Waals surface area contributed by atoms with E-state index in [1.54, 1.807) is 13.8 Å². The van der Waals surface area contributed by atoms with Crippen molar-refractivity contribution in [2.45, 2.75) is 20.8 Å². The molecule has 0 heterocycles. The van der Waals surface area contributed by atoms with Crippen LogP contribution in [0.4, 0.5) is 39.0 Å². The van der Waals surface area contributed by atoms with Gasteiger partial charge in [-0.15, -0.1) is 0 Å². The first-order chi connectivity index (χ1) is 12.7. The third kappa shape index (κ3) is 3.39. The number of aryl methyl sites for hydroxylation is 2. The van der Waals surface area contributed by atoms with Gasteiger partial charge in [-0.1, -0.05) is 12.1 Å². The van der Waals surface area contributed by atoms with Gasteiger partial charge in [0.2, 0.25) is 0 Å². The van der Waals surface area contributed by atoms with E-state index in [2.05, 4.69) is 0 Å². The maximum atomic E-state index is 14.7. The van der Waals surface area contributed by atoms with E-state index in [1.165, 1.54) is 36.4 Å². The van der Waals surface area contributed by atoms with E-state index in [9.17, 15) is 22.0 Å². The minimum Gasteiger partial charge on any atom is -0.302 e. The van der Waals surface area contributed by atoms with Crippen LogP contribution in [0, 0.1) is 49.9 Å². The fraction of sp³-hybridized carbons (Fsp3) is 0.143. The molecule has 0 aliphatic carbocycles. The molecule has 3 aromatic carbocycles. The smallest absolute Gasteiger partial charge is 0.183 e. The molecule has 0 radical (unpaired) electrons. The molecule has 0 N–H and O–H groups in total. The Morgan fingerprint density at radius 3 is 1.48 bits per heavy atom. The number of rotatable bonds is 3. The number of benzene rings is 3. The van der Waals surface area contributed by atoms with Gasteiger partial charge in [0.25, 0.3) is 0 Å². The molecule has 140 valence electrons. The zero-order chi connectivity index (χ0) is 19.9. The van der Waals surface area contributed by atoms with Crippen LogP contribution in [0.5, 0.6) is 0 Å². The first kappa shape index (κ1) is 18.9. The summed E-state index contributed by atoms with van der Waals surface area (Å²) in [5.74, 6) is -5.38. The Morgan fingerprint density at radius 1 is 0.556 bits per heavy atom. The van der Waals surface area contributed by atoms with Gasteiger partial charge in [-0.05, 0) is 56.2 Å². The second-order valence-corrected chi connectivity index (χ2v) is 6.38. The highest BCUT2D eigenvalue weighted by atomic mass is 19.2. The lowest BCUT2D eigenvalue weighted by atomic mass is 10.1. The molecule has 0 aliphatic heterocycles. The summed E-state index contributed by atoms with van der Waals surface area (Å²) in [5, 5.41) is 0. The van der Waals surface area contributed by atoms with Crippen LogP contribution in [-0.2, 0) is 0 Å². The molecule has 0 spiro atoms. The molecule has 0 saturated heterocycles. The van der Waals surface area contributed by atoms with Crippen LogP contribution in [-0.4, -0.2) is 0 Å². The third-order valence-electron chi connectivity index (χ3n) is 4.30. The molecule has 0 unspecified atom stereocenters. The predicted molar refractivity (Wildman–Crippen MR) is 95.1 cm³/mol. The Labute approximate surface area is 153 Å². The van der Waals surface area contributed by atoms with Crippen molar-refractivity contribution in [3.8, 4) is 0 Å². The van der Waals surface area contributed by atoms with Crippen molar-refractivity contribution >= 4 is 17.1 Å². The summed E-state index contributed by atoms with van der Waals surface area (Å²) in [7, 11) is 0. The van der Waals surface area contributed by atoms with Gasteiger partial charge in [0.15, 0.2) is 11.6 Å². The van der Waals surface area contributed by atoms with E-state index in [0.29, 0.717) is 11.1 Å². The second-order valence-electron chi connectivity index (χ2n) is 6.38. The molecule has 0 fully saturated rings. The van der Waals surface area contributed by atoms with Crippen LogP contribution in [0.15, 0.2) is 42.5 Å². The average Bonchev–Trinajstić information content (AvgIpc) is 2.60. The van der Waals surface area contributed by atoms with Gasteiger partial charge >= 0.3 is 0 Å².